The Hall–Kier alpha value is -1.81. The van der Waals surface area contributed by atoms with E-state index < -0.39 is 0 Å². The van der Waals surface area contributed by atoms with E-state index in [0.29, 0.717) is 6.54 Å². The van der Waals surface area contributed by atoms with E-state index in [1.165, 1.54) is 4.88 Å². The lowest BCUT2D eigenvalue weighted by atomic mass is 10.2. The van der Waals surface area contributed by atoms with Crippen LogP contribution in [0.4, 0.5) is 5.69 Å². The first-order valence-corrected chi connectivity index (χ1v) is 6.72. The van der Waals surface area contributed by atoms with Gasteiger partial charge in [-0.15, -0.1) is 11.3 Å². The zero-order valence-electron chi connectivity index (χ0n) is 10.3. The molecule has 0 atom stereocenters. The van der Waals surface area contributed by atoms with Crippen LogP contribution in [0.2, 0.25) is 0 Å². The van der Waals surface area contributed by atoms with Crippen molar-refractivity contribution in [3.8, 4) is 0 Å². The van der Waals surface area contributed by atoms with E-state index in [-0.39, 0.29) is 5.91 Å². The molecular weight excluding hydrogens is 244 g/mol. The Balaban J connectivity index is 1.93. The van der Waals surface area contributed by atoms with Crippen molar-refractivity contribution in [3.05, 3.63) is 51.7 Å². The molecule has 18 heavy (non-hydrogen) atoms. The molecule has 0 saturated heterocycles. The topological polar surface area (TPSA) is 55.1 Å². The summed E-state index contributed by atoms with van der Waals surface area (Å²) >= 11 is 1.55. The third-order valence-corrected chi connectivity index (χ3v) is 3.90. The maximum Gasteiger partial charge on any atom is 0.261 e. The van der Waals surface area contributed by atoms with Gasteiger partial charge in [-0.05, 0) is 36.2 Å². The summed E-state index contributed by atoms with van der Waals surface area (Å²) in [6, 6.07) is 11.4. The minimum Gasteiger partial charge on any atom is -0.399 e. The molecule has 0 unspecified atom stereocenters. The Bertz CT molecular complexity index is 531. The van der Waals surface area contributed by atoms with Crippen LogP contribution in [-0.2, 0) is 13.0 Å². The van der Waals surface area contributed by atoms with Gasteiger partial charge in [0.05, 0.1) is 4.88 Å². The van der Waals surface area contributed by atoms with E-state index in [4.69, 9.17) is 5.73 Å². The third kappa shape index (κ3) is 3.11. The van der Waals surface area contributed by atoms with Gasteiger partial charge < -0.3 is 11.1 Å². The molecule has 94 valence electrons. The molecule has 0 fully saturated rings. The summed E-state index contributed by atoms with van der Waals surface area (Å²) in [6.07, 6.45) is 0.968. The first-order chi connectivity index (χ1) is 8.69. The number of aryl methyl sites for hydroxylation is 1. The van der Waals surface area contributed by atoms with Gasteiger partial charge in [0.2, 0.25) is 0 Å². The molecule has 2 rings (SSSR count). The molecule has 3 nitrogen and oxygen atoms in total. The van der Waals surface area contributed by atoms with E-state index in [0.717, 1.165) is 22.5 Å². The predicted molar refractivity (Wildman–Crippen MR) is 75.7 cm³/mol. The summed E-state index contributed by atoms with van der Waals surface area (Å²) in [6.45, 7) is 2.61. The fraction of sp³-hybridized carbons (Fsp3) is 0.214. The van der Waals surface area contributed by atoms with Crippen LogP contribution in [0.5, 0.6) is 0 Å². The van der Waals surface area contributed by atoms with Crippen LogP contribution in [0.15, 0.2) is 36.4 Å². The van der Waals surface area contributed by atoms with Crippen molar-refractivity contribution in [2.75, 3.05) is 5.73 Å². The van der Waals surface area contributed by atoms with Gasteiger partial charge in [-0.1, -0.05) is 19.1 Å². The van der Waals surface area contributed by atoms with E-state index in [2.05, 4.69) is 12.2 Å². The molecular formula is C14H16N2OS. The van der Waals surface area contributed by atoms with Crippen molar-refractivity contribution in [1.82, 2.24) is 5.32 Å². The maximum absolute atomic E-state index is 11.9. The van der Waals surface area contributed by atoms with E-state index >= 15 is 0 Å². The van der Waals surface area contributed by atoms with Gasteiger partial charge in [0.15, 0.2) is 0 Å². The molecule has 0 aliphatic heterocycles. The lowest BCUT2D eigenvalue weighted by Crippen LogP contribution is -2.21. The molecule has 4 heteroatoms. The summed E-state index contributed by atoms with van der Waals surface area (Å²) in [4.78, 5) is 13.9. The lowest BCUT2D eigenvalue weighted by molar-refractivity contribution is 0.0955. The molecule has 0 aliphatic rings. The number of nitrogen functional groups attached to an aromatic ring is 1. The van der Waals surface area contributed by atoms with Crippen LogP contribution in [0.3, 0.4) is 0 Å². The SMILES string of the molecule is CCc1ccc(C(=O)NCc2ccc(N)cc2)s1. The van der Waals surface area contributed by atoms with Gasteiger partial charge in [0.1, 0.15) is 0 Å². The quantitative estimate of drug-likeness (QED) is 0.831. The predicted octanol–water partition coefficient (Wildman–Crippen LogP) is 2.82. The van der Waals surface area contributed by atoms with Crippen LogP contribution in [0.25, 0.3) is 0 Å². The van der Waals surface area contributed by atoms with Gasteiger partial charge in [0.25, 0.3) is 5.91 Å². The van der Waals surface area contributed by atoms with Gasteiger partial charge in [0, 0.05) is 17.1 Å². The van der Waals surface area contributed by atoms with Gasteiger partial charge in [-0.3, -0.25) is 4.79 Å². The molecule has 0 radical (unpaired) electrons. The number of benzene rings is 1. The van der Waals surface area contributed by atoms with Crippen molar-refractivity contribution < 1.29 is 4.79 Å². The monoisotopic (exact) mass is 260 g/mol. The maximum atomic E-state index is 11.9. The molecule has 1 aromatic heterocycles. The minimum absolute atomic E-state index is 0.0171. The van der Waals surface area contributed by atoms with Crippen molar-refractivity contribution in [2.24, 2.45) is 0 Å². The highest BCUT2D eigenvalue weighted by Crippen LogP contribution is 2.16. The lowest BCUT2D eigenvalue weighted by Gasteiger charge is -2.04. The molecule has 1 aromatic carbocycles. The number of nitrogens with one attached hydrogen (secondary N) is 1. The molecule has 3 N–H and O–H groups in total. The number of hydrogen-bond donors (Lipinski definition) is 2. The summed E-state index contributed by atoms with van der Waals surface area (Å²) < 4.78 is 0. The average Bonchev–Trinajstić information content (AvgIpc) is 2.86. The smallest absolute Gasteiger partial charge is 0.261 e. The van der Waals surface area contributed by atoms with Crippen LogP contribution >= 0.6 is 11.3 Å². The largest absolute Gasteiger partial charge is 0.399 e. The number of thiophene rings is 1. The Morgan fingerprint density at radius 1 is 1.22 bits per heavy atom. The fourth-order valence-electron chi connectivity index (χ4n) is 1.59. The Labute approximate surface area is 111 Å². The second kappa shape index (κ2) is 5.69. The number of rotatable bonds is 4. The summed E-state index contributed by atoms with van der Waals surface area (Å²) in [5.41, 5.74) is 7.38. The standard InChI is InChI=1S/C14H16N2OS/c1-2-12-7-8-13(18-12)14(17)16-9-10-3-5-11(15)6-4-10/h3-8H,2,9,15H2,1H3,(H,16,17). The Kier molecular flexibility index (Phi) is 3.99. The number of carbonyl (C=O) groups excluding carboxylic acids is 1. The van der Waals surface area contributed by atoms with Gasteiger partial charge in [-0.25, -0.2) is 0 Å². The molecule has 0 aliphatic carbocycles. The normalized spacial score (nSPS) is 10.3. The van der Waals surface area contributed by atoms with Crippen molar-refractivity contribution in [1.29, 1.82) is 0 Å². The number of anilines is 1. The summed E-state index contributed by atoms with van der Waals surface area (Å²) in [5.74, 6) is -0.0171. The average molecular weight is 260 g/mol. The molecule has 2 aromatic rings. The number of amides is 1. The van der Waals surface area contributed by atoms with Crippen molar-refractivity contribution in [3.63, 3.8) is 0 Å². The Morgan fingerprint density at radius 2 is 1.94 bits per heavy atom. The molecule has 0 spiro atoms. The molecule has 1 heterocycles. The van der Waals surface area contributed by atoms with Crippen molar-refractivity contribution >= 4 is 22.9 Å². The second-order valence-corrected chi connectivity index (χ2v) is 5.21. The summed E-state index contributed by atoms with van der Waals surface area (Å²) in [7, 11) is 0. The van der Waals surface area contributed by atoms with Crippen LogP contribution < -0.4 is 11.1 Å². The summed E-state index contributed by atoms with van der Waals surface area (Å²) in [5, 5.41) is 2.90. The van der Waals surface area contributed by atoms with E-state index in [1.807, 2.05) is 36.4 Å². The van der Waals surface area contributed by atoms with Gasteiger partial charge in [-0.2, -0.15) is 0 Å². The number of nitrogens with two attached hydrogens (primary N) is 1. The zero-order valence-corrected chi connectivity index (χ0v) is 11.1. The Morgan fingerprint density at radius 3 is 2.56 bits per heavy atom. The minimum atomic E-state index is -0.0171. The highest BCUT2D eigenvalue weighted by molar-refractivity contribution is 7.14. The number of hydrogen-bond acceptors (Lipinski definition) is 3. The second-order valence-electron chi connectivity index (χ2n) is 4.04. The van der Waals surface area contributed by atoms with E-state index in [1.54, 1.807) is 11.3 Å². The highest BCUT2D eigenvalue weighted by Gasteiger charge is 2.07. The van der Waals surface area contributed by atoms with Gasteiger partial charge >= 0.3 is 0 Å². The third-order valence-electron chi connectivity index (χ3n) is 2.67. The zero-order chi connectivity index (χ0) is 13.0. The first kappa shape index (κ1) is 12.6. The molecule has 0 bridgehead atoms. The van der Waals surface area contributed by atoms with Crippen LogP contribution in [0.1, 0.15) is 27.0 Å². The molecule has 1 amide bonds. The number of carbonyl (C=O) groups is 1. The first-order valence-electron chi connectivity index (χ1n) is 5.90. The van der Waals surface area contributed by atoms with Crippen LogP contribution in [-0.4, -0.2) is 5.91 Å². The fourth-order valence-corrected chi connectivity index (χ4v) is 2.46. The van der Waals surface area contributed by atoms with Crippen molar-refractivity contribution in [2.45, 2.75) is 19.9 Å². The van der Waals surface area contributed by atoms with Crippen LogP contribution in [0, 0.1) is 0 Å². The molecule has 0 saturated carbocycles. The van der Waals surface area contributed by atoms with E-state index in [9.17, 15) is 4.79 Å². The highest BCUT2D eigenvalue weighted by atomic mass is 32.1.